The number of aromatic nitrogens is 4. The summed E-state index contributed by atoms with van der Waals surface area (Å²) >= 11 is 0. The summed E-state index contributed by atoms with van der Waals surface area (Å²) in [6, 6.07) is 12.5. The zero-order valence-corrected chi connectivity index (χ0v) is 18.7. The second-order valence-electron chi connectivity index (χ2n) is 7.84. The molecule has 0 aliphatic rings. The van der Waals surface area contributed by atoms with Gasteiger partial charge in [-0.2, -0.15) is 5.10 Å². The first kappa shape index (κ1) is 21.4. The highest BCUT2D eigenvalue weighted by atomic mass is 15.2. The van der Waals surface area contributed by atoms with Crippen LogP contribution in [0.2, 0.25) is 0 Å². The van der Waals surface area contributed by atoms with Crippen LogP contribution in [0, 0.1) is 0 Å². The number of fused-ring (bicyclic) bond motifs is 2. The number of pyridine rings is 1. The van der Waals surface area contributed by atoms with Gasteiger partial charge in [-0.3, -0.25) is 5.10 Å². The van der Waals surface area contributed by atoms with Crippen LogP contribution in [0.15, 0.2) is 85.4 Å². The zero-order chi connectivity index (χ0) is 22.5. The third kappa shape index (κ3) is 4.42. The van der Waals surface area contributed by atoms with E-state index in [1.165, 1.54) is 0 Å². The number of benzene rings is 1. The predicted molar refractivity (Wildman–Crippen MR) is 135 cm³/mol. The molecule has 0 radical (unpaired) electrons. The molecule has 162 valence electrons. The van der Waals surface area contributed by atoms with Crippen LogP contribution in [-0.2, 0) is 0 Å². The highest BCUT2D eigenvalue weighted by Gasteiger charge is 2.13. The Balaban J connectivity index is 1.68. The molecule has 4 aromatic rings. The fourth-order valence-corrected chi connectivity index (χ4v) is 3.77. The summed E-state index contributed by atoms with van der Waals surface area (Å²) in [6.45, 7) is 12.3. The van der Waals surface area contributed by atoms with Gasteiger partial charge in [-0.05, 0) is 55.7 Å². The van der Waals surface area contributed by atoms with Gasteiger partial charge in [0.2, 0.25) is 0 Å². The van der Waals surface area contributed by atoms with Crippen molar-refractivity contribution in [2.75, 3.05) is 0 Å². The lowest BCUT2D eigenvalue weighted by atomic mass is 10.0. The lowest BCUT2D eigenvalue weighted by molar-refractivity contribution is 0.751. The number of H-pyrrole nitrogens is 2. The van der Waals surface area contributed by atoms with Crippen molar-refractivity contribution in [3.05, 3.63) is 90.9 Å². The van der Waals surface area contributed by atoms with Crippen LogP contribution in [0.25, 0.3) is 38.9 Å². The molecule has 3 aromatic heterocycles. The average Bonchev–Trinajstić information content (AvgIpc) is 3.43. The van der Waals surface area contributed by atoms with Crippen LogP contribution >= 0.6 is 0 Å². The molecule has 0 saturated heterocycles. The molecular formula is C27H29N5. The van der Waals surface area contributed by atoms with Gasteiger partial charge in [0.15, 0.2) is 5.65 Å². The number of unbranched alkanes of at least 4 members (excludes halogenated alkanes) is 1. The minimum atomic E-state index is 0.692. The van der Waals surface area contributed by atoms with Gasteiger partial charge in [-0.25, -0.2) is 4.98 Å². The monoisotopic (exact) mass is 423 g/mol. The Kier molecular flexibility index (Phi) is 6.36. The van der Waals surface area contributed by atoms with E-state index in [2.05, 4.69) is 82.0 Å². The van der Waals surface area contributed by atoms with Crippen molar-refractivity contribution in [2.24, 2.45) is 0 Å². The molecule has 32 heavy (non-hydrogen) atoms. The van der Waals surface area contributed by atoms with Crippen LogP contribution in [0.3, 0.4) is 0 Å². The van der Waals surface area contributed by atoms with Gasteiger partial charge in [0.25, 0.3) is 0 Å². The van der Waals surface area contributed by atoms with Crippen LogP contribution in [-0.4, -0.2) is 20.2 Å². The zero-order valence-electron chi connectivity index (χ0n) is 18.7. The number of allylic oxidation sites excluding steroid dienone is 5. The van der Waals surface area contributed by atoms with E-state index < -0.39 is 0 Å². The van der Waals surface area contributed by atoms with Gasteiger partial charge in [-0.1, -0.05) is 50.8 Å². The molecule has 4 rings (SSSR count). The predicted octanol–water partition coefficient (Wildman–Crippen LogP) is 6.87. The molecule has 5 heteroatoms. The third-order valence-electron chi connectivity index (χ3n) is 5.54. The molecule has 1 aromatic carbocycles. The fourth-order valence-electron chi connectivity index (χ4n) is 3.77. The van der Waals surface area contributed by atoms with E-state index in [0.717, 1.165) is 69.5 Å². The van der Waals surface area contributed by atoms with Crippen molar-refractivity contribution in [3.8, 4) is 11.4 Å². The lowest BCUT2D eigenvalue weighted by Gasteiger charge is -2.11. The Morgan fingerprint density at radius 3 is 2.81 bits per heavy atom. The van der Waals surface area contributed by atoms with Crippen molar-refractivity contribution in [1.29, 1.82) is 0 Å². The molecular weight excluding hydrogens is 394 g/mol. The summed E-state index contributed by atoms with van der Waals surface area (Å²) in [7, 11) is 0. The molecule has 0 fully saturated rings. The third-order valence-corrected chi connectivity index (χ3v) is 5.54. The maximum absolute atomic E-state index is 4.59. The van der Waals surface area contributed by atoms with Gasteiger partial charge >= 0.3 is 0 Å². The first-order valence-corrected chi connectivity index (χ1v) is 11.0. The summed E-state index contributed by atoms with van der Waals surface area (Å²) in [5.41, 5.74) is 7.69. The Morgan fingerprint density at radius 2 is 2.06 bits per heavy atom. The topological polar surface area (TPSA) is 69.4 Å². The van der Waals surface area contributed by atoms with E-state index >= 15 is 0 Å². The van der Waals surface area contributed by atoms with Gasteiger partial charge in [0.1, 0.15) is 0 Å². The maximum atomic E-state index is 4.59. The molecule has 0 unspecified atom stereocenters. The van der Waals surface area contributed by atoms with E-state index in [1.807, 2.05) is 31.3 Å². The van der Waals surface area contributed by atoms with Crippen molar-refractivity contribution in [1.82, 2.24) is 25.5 Å². The van der Waals surface area contributed by atoms with Crippen LogP contribution in [0.4, 0.5) is 0 Å². The Hall–Kier alpha value is -3.86. The molecule has 0 bridgehead atoms. The van der Waals surface area contributed by atoms with Gasteiger partial charge in [0.05, 0.1) is 11.4 Å². The normalized spacial score (nSPS) is 12.4. The van der Waals surface area contributed by atoms with Crippen LogP contribution in [0.5, 0.6) is 0 Å². The highest BCUT2D eigenvalue weighted by Crippen LogP contribution is 2.30. The summed E-state index contributed by atoms with van der Waals surface area (Å²) in [6.07, 6.45) is 11.0. The number of hydrogen-bond donors (Lipinski definition) is 3. The Morgan fingerprint density at radius 1 is 1.22 bits per heavy atom. The summed E-state index contributed by atoms with van der Waals surface area (Å²) < 4.78 is 0. The number of rotatable bonds is 9. The second kappa shape index (κ2) is 9.52. The summed E-state index contributed by atoms with van der Waals surface area (Å²) in [5, 5.41) is 13.1. The number of aromatic amines is 2. The molecule has 0 aliphatic heterocycles. The maximum Gasteiger partial charge on any atom is 0.181 e. The number of hydrogen-bond acceptors (Lipinski definition) is 3. The molecule has 0 atom stereocenters. The second-order valence-corrected chi connectivity index (χ2v) is 7.84. The minimum absolute atomic E-state index is 0.692. The lowest BCUT2D eigenvalue weighted by Crippen LogP contribution is -2.10. The first-order valence-electron chi connectivity index (χ1n) is 11.0. The fraction of sp³-hybridized carbons (Fsp3) is 0.185. The van der Waals surface area contributed by atoms with Gasteiger partial charge < -0.3 is 10.3 Å². The largest absolute Gasteiger partial charge is 0.359 e. The van der Waals surface area contributed by atoms with Crippen LogP contribution in [0.1, 0.15) is 38.7 Å². The van der Waals surface area contributed by atoms with E-state index in [9.17, 15) is 0 Å². The van der Waals surface area contributed by atoms with E-state index in [4.69, 9.17) is 0 Å². The van der Waals surface area contributed by atoms with Gasteiger partial charge in [-0.15, -0.1) is 0 Å². The number of nitrogens with zero attached hydrogens (tertiary/aromatic N) is 2. The quantitative estimate of drug-likeness (QED) is 0.257. The molecule has 0 saturated carbocycles. The molecule has 5 nitrogen and oxygen atoms in total. The molecule has 0 aliphatic carbocycles. The first-order chi connectivity index (χ1) is 15.6. The molecule has 3 N–H and O–H groups in total. The Bertz CT molecular complexity index is 1300. The van der Waals surface area contributed by atoms with Crippen LogP contribution < -0.4 is 5.32 Å². The Labute approximate surface area is 188 Å². The smallest absolute Gasteiger partial charge is 0.181 e. The standard InChI is InChI=1S/C27H29N5/c1-5-8-11-18(4)29-22(7-3)14-19(6-2)21-15-23-26(31-32-27(23)28-17-21)25-16-20-12-9-10-13-24(20)30-25/h6-7,9-10,12-17,29-30H,3-5,8,11H2,1-2H3,(H,28,31,32)/b19-6+,22-14+. The average molecular weight is 424 g/mol. The van der Waals surface area contributed by atoms with Crippen molar-refractivity contribution in [2.45, 2.75) is 33.1 Å². The van der Waals surface area contributed by atoms with Crippen molar-refractivity contribution in [3.63, 3.8) is 0 Å². The molecule has 3 heterocycles. The van der Waals surface area contributed by atoms with E-state index in [-0.39, 0.29) is 0 Å². The summed E-state index contributed by atoms with van der Waals surface area (Å²) in [5.74, 6) is 0. The van der Waals surface area contributed by atoms with Crippen molar-refractivity contribution >= 4 is 27.5 Å². The summed E-state index contributed by atoms with van der Waals surface area (Å²) in [4.78, 5) is 8.07. The van der Waals surface area contributed by atoms with E-state index in [0.29, 0.717) is 5.65 Å². The number of nitrogens with one attached hydrogen (secondary N) is 3. The SMILES string of the molecule is C=C/C(=C\C(=C/C)c1cnc2n[nH]c(-c3cc4ccccc4[nH]3)c2c1)NC(=C)CCCC. The number of para-hydroxylation sites is 1. The highest BCUT2D eigenvalue weighted by molar-refractivity contribution is 5.95. The minimum Gasteiger partial charge on any atom is -0.359 e. The molecule has 0 spiro atoms. The van der Waals surface area contributed by atoms with Crippen molar-refractivity contribution < 1.29 is 0 Å². The van der Waals surface area contributed by atoms with E-state index in [1.54, 1.807) is 0 Å². The molecule has 0 amide bonds. The van der Waals surface area contributed by atoms with Gasteiger partial charge in [0, 0.05) is 39.4 Å².